The molecule has 1 aliphatic rings. The van der Waals surface area contributed by atoms with Gasteiger partial charge < -0.3 is 9.64 Å². The molecule has 0 amide bonds. The maximum absolute atomic E-state index is 5.65. The van der Waals surface area contributed by atoms with Gasteiger partial charge in [0, 0.05) is 29.7 Å². The second-order valence-corrected chi connectivity index (χ2v) is 5.64. The number of rotatable bonds is 5. The van der Waals surface area contributed by atoms with Gasteiger partial charge in [-0.15, -0.1) is 0 Å². The van der Waals surface area contributed by atoms with Crippen molar-refractivity contribution in [3.8, 4) is 5.88 Å². The van der Waals surface area contributed by atoms with Crippen molar-refractivity contribution in [1.82, 2.24) is 9.97 Å². The van der Waals surface area contributed by atoms with Crippen LogP contribution in [0.2, 0.25) is 0 Å². The van der Waals surface area contributed by atoms with Crippen LogP contribution >= 0.6 is 15.9 Å². The summed E-state index contributed by atoms with van der Waals surface area (Å²) in [4.78, 5) is 11.5. The molecule has 1 saturated heterocycles. The average Bonchev–Trinajstić information content (AvgIpc) is 2.44. The van der Waals surface area contributed by atoms with Crippen LogP contribution in [0, 0.1) is 6.92 Å². The topological polar surface area (TPSA) is 38.2 Å². The Labute approximate surface area is 123 Å². The van der Waals surface area contributed by atoms with Gasteiger partial charge >= 0.3 is 0 Å². The van der Waals surface area contributed by atoms with Gasteiger partial charge in [-0.05, 0) is 32.6 Å². The average molecular weight is 328 g/mol. The molecule has 106 valence electrons. The fraction of sp³-hybridized carbons (Fsp3) is 0.714. The molecule has 5 heteroatoms. The minimum Gasteiger partial charge on any atom is -0.478 e. The van der Waals surface area contributed by atoms with E-state index in [1.807, 2.05) is 13.0 Å². The molecule has 0 spiro atoms. The maximum atomic E-state index is 5.65. The first-order valence-electron chi connectivity index (χ1n) is 7.05. The first kappa shape index (κ1) is 14.6. The number of hydrogen-bond donors (Lipinski definition) is 0. The number of halogens is 1. The van der Waals surface area contributed by atoms with Crippen molar-refractivity contribution in [2.24, 2.45) is 0 Å². The summed E-state index contributed by atoms with van der Waals surface area (Å²) < 4.78 is 5.65. The van der Waals surface area contributed by atoms with E-state index in [-0.39, 0.29) is 0 Å². The Hall–Kier alpha value is -0.840. The Kier molecular flexibility index (Phi) is 5.43. The molecule has 0 N–H and O–H groups in total. The van der Waals surface area contributed by atoms with E-state index in [4.69, 9.17) is 4.74 Å². The zero-order valence-electron chi connectivity index (χ0n) is 11.7. The van der Waals surface area contributed by atoms with Gasteiger partial charge in [-0.1, -0.05) is 22.9 Å². The molecule has 0 aromatic carbocycles. The molecular formula is C14H22BrN3O. The zero-order valence-corrected chi connectivity index (χ0v) is 13.3. The molecule has 0 radical (unpaired) electrons. The fourth-order valence-corrected chi connectivity index (χ4v) is 3.03. The van der Waals surface area contributed by atoms with E-state index in [0.29, 0.717) is 18.5 Å². The van der Waals surface area contributed by atoms with Crippen molar-refractivity contribution in [3.05, 3.63) is 11.8 Å². The van der Waals surface area contributed by atoms with Crippen LogP contribution in [0.1, 0.15) is 38.3 Å². The number of aryl methyl sites for hydroxylation is 1. The van der Waals surface area contributed by atoms with Gasteiger partial charge in [-0.3, -0.25) is 0 Å². The first-order valence-corrected chi connectivity index (χ1v) is 8.17. The second-order valence-electron chi connectivity index (χ2n) is 4.99. The number of piperidine rings is 1. The monoisotopic (exact) mass is 327 g/mol. The molecule has 1 aliphatic heterocycles. The highest BCUT2D eigenvalue weighted by atomic mass is 79.9. The lowest BCUT2D eigenvalue weighted by Gasteiger charge is -2.34. The van der Waals surface area contributed by atoms with E-state index in [1.54, 1.807) is 0 Å². The second kappa shape index (κ2) is 7.08. The summed E-state index contributed by atoms with van der Waals surface area (Å²) in [7, 11) is 0. The van der Waals surface area contributed by atoms with Crippen LogP contribution in [-0.2, 0) is 0 Å². The SMILES string of the molecule is CCCOc1cc(C)nc(N2CCCCC2CBr)n1. The third kappa shape index (κ3) is 3.81. The molecule has 1 fully saturated rings. The van der Waals surface area contributed by atoms with Crippen molar-refractivity contribution in [2.75, 3.05) is 23.4 Å². The molecule has 2 rings (SSSR count). The van der Waals surface area contributed by atoms with Crippen LogP contribution in [0.15, 0.2) is 6.07 Å². The van der Waals surface area contributed by atoms with Gasteiger partial charge in [0.1, 0.15) is 0 Å². The smallest absolute Gasteiger partial charge is 0.229 e. The minimum atomic E-state index is 0.495. The third-order valence-electron chi connectivity index (χ3n) is 3.34. The van der Waals surface area contributed by atoms with E-state index in [0.717, 1.165) is 29.9 Å². The highest BCUT2D eigenvalue weighted by molar-refractivity contribution is 9.09. The number of nitrogens with zero attached hydrogens (tertiary/aromatic N) is 3. The van der Waals surface area contributed by atoms with Crippen LogP contribution in [0.4, 0.5) is 5.95 Å². The number of anilines is 1. The summed E-state index contributed by atoms with van der Waals surface area (Å²) in [5, 5.41) is 0.968. The van der Waals surface area contributed by atoms with E-state index >= 15 is 0 Å². The molecule has 19 heavy (non-hydrogen) atoms. The van der Waals surface area contributed by atoms with Crippen LogP contribution in [0.25, 0.3) is 0 Å². The molecule has 0 bridgehead atoms. The third-order valence-corrected chi connectivity index (χ3v) is 4.08. The van der Waals surface area contributed by atoms with Gasteiger partial charge in [-0.25, -0.2) is 4.98 Å². The highest BCUT2D eigenvalue weighted by Gasteiger charge is 2.24. The van der Waals surface area contributed by atoms with Gasteiger partial charge in [0.2, 0.25) is 11.8 Å². The Balaban J connectivity index is 2.19. The van der Waals surface area contributed by atoms with Crippen LogP contribution < -0.4 is 9.64 Å². The quantitative estimate of drug-likeness (QED) is 0.777. The number of alkyl halides is 1. The predicted octanol–water partition coefficient (Wildman–Crippen LogP) is 3.33. The molecule has 2 heterocycles. The summed E-state index contributed by atoms with van der Waals surface area (Å²) in [6, 6.07) is 2.40. The standard InChI is InChI=1S/C14H22BrN3O/c1-3-8-19-13-9-11(2)16-14(17-13)18-7-5-4-6-12(18)10-15/h9,12H,3-8,10H2,1-2H3. The normalized spacial score (nSPS) is 19.5. The fourth-order valence-electron chi connectivity index (χ4n) is 2.36. The van der Waals surface area contributed by atoms with E-state index in [1.165, 1.54) is 19.3 Å². The summed E-state index contributed by atoms with van der Waals surface area (Å²) in [5.41, 5.74) is 0.968. The summed E-state index contributed by atoms with van der Waals surface area (Å²) in [6.45, 7) is 5.84. The predicted molar refractivity (Wildman–Crippen MR) is 81.3 cm³/mol. The molecule has 1 unspecified atom stereocenters. The number of aromatic nitrogens is 2. The first-order chi connectivity index (χ1) is 9.24. The lowest BCUT2D eigenvalue weighted by atomic mass is 10.0. The molecule has 1 atom stereocenters. The Morgan fingerprint density at radius 3 is 3.00 bits per heavy atom. The van der Waals surface area contributed by atoms with Crippen LogP contribution in [0.5, 0.6) is 5.88 Å². The van der Waals surface area contributed by atoms with E-state index in [2.05, 4.69) is 37.7 Å². The Bertz CT molecular complexity index is 414. The zero-order chi connectivity index (χ0) is 13.7. The van der Waals surface area contributed by atoms with Crippen molar-refractivity contribution in [1.29, 1.82) is 0 Å². The molecule has 0 saturated carbocycles. The van der Waals surface area contributed by atoms with Crippen molar-refractivity contribution in [2.45, 2.75) is 45.6 Å². The van der Waals surface area contributed by atoms with Crippen LogP contribution in [0.3, 0.4) is 0 Å². The molecule has 0 aliphatic carbocycles. The van der Waals surface area contributed by atoms with Gasteiger partial charge in [-0.2, -0.15) is 4.98 Å². The van der Waals surface area contributed by atoms with Crippen molar-refractivity contribution < 1.29 is 4.74 Å². The van der Waals surface area contributed by atoms with Crippen molar-refractivity contribution in [3.63, 3.8) is 0 Å². The number of ether oxygens (including phenoxy) is 1. The summed E-state index contributed by atoms with van der Waals surface area (Å²) in [6.07, 6.45) is 4.70. The van der Waals surface area contributed by atoms with Gasteiger partial charge in [0.05, 0.1) is 6.61 Å². The minimum absolute atomic E-state index is 0.495. The van der Waals surface area contributed by atoms with Gasteiger partial charge in [0.25, 0.3) is 0 Å². The molecule has 4 nitrogen and oxygen atoms in total. The molecule has 1 aromatic rings. The molecular weight excluding hydrogens is 306 g/mol. The van der Waals surface area contributed by atoms with Crippen LogP contribution in [-0.4, -0.2) is 34.5 Å². The van der Waals surface area contributed by atoms with E-state index < -0.39 is 0 Å². The maximum Gasteiger partial charge on any atom is 0.229 e. The summed E-state index contributed by atoms with van der Waals surface area (Å²) >= 11 is 3.60. The largest absolute Gasteiger partial charge is 0.478 e. The Morgan fingerprint density at radius 2 is 2.26 bits per heavy atom. The summed E-state index contributed by atoms with van der Waals surface area (Å²) in [5.74, 6) is 1.51. The van der Waals surface area contributed by atoms with E-state index in [9.17, 15) is 0 Å². The van der Waals surface area contributed by atoms with Crippen molar-refractivity contribution >= 4 is 21.9 Å². The highest BCUT2D eigenvalue weighted by Crippen LogP contribution is 2.25. The molecule has 1 aromatic heterocycles. The number of hydrogen-bond acceptors (Lipinski definition) is 4. The lowest BCUT2D eigenvalue weighted by molar-refractivity contribution is 0.304. The lowest BCUT2D eigenvalue weighted by Crippen LogP contribution is -2.41. The Morgan fingerprint density at radius 1 is 1.42 bits per heavy atom. The van der Waals surface area contributed by atoms with Gasteiger partial charge in [0.15, 0.2) is 0 Å².